The SMILES string of the molecule is COc1cc(NC(=O)C(=O)NCCCN(C)C)cc(OC)c1OC. The Balaban J connectivity index is 2.71. The molecule has 1 aromatic carbocycles. The smallest absolute Gasteiger partial charge is 0.313 e. The van der Waals surface area contributed by atoms with Gasteiger partial charge in [0.15, 0.2) is 11.5 Å². The van der Waals surface area contributed by atoms with Gasteiger partial charge in [0.25, 0.3) is 0 Å². The molecule has 0 heterocycles. The van der Waals surface area contributed by atoms with E-state index in [-0.39, 0.29) is 0 Å². The van der Waals surface area contributed by atoms with Crippen molar-refractivity contribution in [3.8, 4) is 17.2 Å². The number of carbonyl (C=O) groups is 2. The van der Waals surface area contributed by atoms with Crippen molar-refractivity contribution in [1.82, 2.24) is 10.2 Å². The van der Waals surface area contributed by atoms with Crippen LogP contribution in [0.5, 0.6) is 17.2 Å². The zero-order chi connectivity index (χ0) is 18.1. The lowest BCUT2D eigenvalue weighted by atomic mass is 10.2. The molecule has 134 valence electrons. The topological polar surface area (TPSA) is 89.1 Å². The third kappa shape index (κ3) is 5.62. The first-order valence-corrected chi connectivity index (χ1v) is 7.46. The lowest BCUT2D eigenvalue weighted by molar-refractivity contribution is -0.136. The average molecular weight is 339 g/mol. The summed E-state index contributed by atoms with van der Waals surface area (Å²) in [7, 11) is 8.32. The van der Waals surface area contributed by atoms with E-state index in [0.29, 0.717) is 29.5 Å². The minimum atomic E-state index is -0.755. The summed E-state index contributed by atoms with van der Waals surface area (Å²) in [5.74, 6) is -0.264. The number of rotatable bonds is 8. The Bertz CT molecular complexity index is 550. The molecule has 2 N–H and O–H groups in total. The molecule has 0 saturated heterocycles. The van der Waals surface area contributed by atoms with E-state index in [0.717, 1.165) is 13.0 Å². The number of methoxy groups -OCH3 is 3. The summed E-state index contributed by atoms with van der Waals surface area (Å²) in [5, 5.41) is 5.09. The van der Waals surface area contributed by atoms with Crippen LogP contribution in [0.15, 0.2) is 12.1 Å². The Morgan fingerprint density at radius 2 is 1.58 bits per heavy atom. The van der Waals surface area contributed by atoms with Gasteiger partial charge in [0, 0.05) is 24.4 Å². The predicted molar refractivity (Wildman–Crippen MR) is 90.9 cm³/mol. The van der Waals surface area contributed by atoms with E-state index >= 15 is 0 Å². The maximum Gasteiger partial charge on any atom is 0.313 e. The molecule has 0 bridgehead atoms. The number of hydrogen-bond donors (Lipinski definition) is 2. The first-order chi connectivity index (χ1) is 11.4. The van der Waals surface area contributed by atoms with Crippen LogP contribution in [-0.4, -0.2) is 65.2 Å². The molecule has 0 aliphatic heterocycles. The normalized spacial score (nSPS) is 10.2. The summed E-state index contributed by atoms with van der Waals surface area (Å²) in [5.41, 5.74) is 0.373. The molecular formula is C16H25N3O5. The van der Waals surface area contributed by atoms with Crippen LogP contribution in [-0.2, 0) is 9.59 Å². The lowest BCUT2D eigenvalue weighted by Gasteiger charge is -2.14. The standard InChI is InChI=1S/C16H25N3O5/c1-19(2)8-6-7-17-15(20)16(21)18-11-9-12(22-3)14(24-5)13(10-11)23-4/h9-10H,6-8H2,1-5H3,(H,17,20)(H,18,21). The number of nitrogens with zero attached hydrogens (tertiary/aromatic N) is 1. The molecule has 0 fully saturated rings. The van der Waals surface area contributed by atoms with Crippen LogP contribution in [0.1, 0.15) is 6.42 Å². The molecule has 2 amide bonds. The van der Waals surface area contributed by atoms with Crippen LogP contribution < -0.4 is 24.8 Å². The van der Waals surface area contributed by atoms with Crippen LogP contribution in [0.3, 0.4) is 0 Å². The zero-order valence-electron chi connectivity index (χ0n) is 14.8. The number of nitrogens with one attached hydrogen (secondary N) is 2. The number of benzene rings is 1. The number of ether oxygens (including phenoxy) is 3. The van der Waals surface area contributed by atoms with Crippen LogP contribution in [0, 0.1) is 0 Å². The molecule has 0 unspecified atom stereocenters. The molecule has 1 rings (SSSR count). The highest BCUT2D eigenvalue weighted by Crippen LogP contribution is 2.39. The Kier molecular flexibility index (Phi) is 7.84. The highest BCUT2D eigenvalue weighted by atomic mass is 16.5. The molecular weight excluding hydrogens is 314 g/mol. The van der Waals surface area contributed by atoms with E-state index in [4.69, 9.17) is 14.2 Å². The van der Waals surface area contributed by atoms with Crippen LogP contribution >= 0.6 is 0 Å². The predicted octanol–water partition coefficient (Wildman–Crippen LogP) is 0.719. The number of anilines is 1. The fourth-order valence-corrected chi connectivity index (χ4v) is 2.02. The molecule has 0 spiro atoms. The molecule has 0 saturated carbocycles. The fraction of sp³-hybridized carbons (Fsp3) is 0.500. The van der Waals surface area contributed by atoms with Crippen molar-refractivity contribution in [2.45, 2.75) is 6.42 Å². The van der Waals surface area contributed by atoms with E-state index < -0.39 is 11.8 Å². The Hall–Kier alpha value is -2.48. The molecule has 0 aromatic heterocycles. The van der Waals surface area contributed by atoms with Crippen molar-refractivity contribution in [2.75, 3.05) is 53.8 Å². The molecule has 8 heteroatoms. The van der Waals surface area contributed by atoms with Gasteiger partial charge < -0.3 is 29.7 Å². The van der Waals surface area contributed by atoms with Gasteiger partial charge in [-0.25, -0.2) is 0 Å². The van der Waals surface area contributed by atoms with Crippen molar-refractivity contribution in [1.29, 1.82) is 0 Å². The monoisotopic (exact) mass is 339 g/mol. The summed E-state index contributed by atoms with van der Waals surface area (Å²) in [6.07, 6.45) is 0.760. The fourth-order valence-electron chi connectivity index (χ4n) is 2.02. The molecule has 0 aliphatic rings. The zero-order valence-corrected chi connectivity index (χ0v) is 14.8. The van der Waals surface area contributed by atoms with Crippen LogP contribution in [0.2, 0.25) is 0 Å². The van der Waals surface area contributed by atoms with Crippen LogP contribution in [0.4, 0.5) is 5.69 Å². The van der Waals surface area contributed by atoms with Crippen molar-refractivity contribution in [3.05, 3.63) is 12.1 Å². The summed E-state index contributed by atoms with van der Waals surface area (Å²) in [6, 6.07) is 3.11. The van der Waals surface area contributed by atoms with Gasteiger partial charge in [-0.15, -0.1) is 0 Å². The summed E-state index contributed by atoms with van der Waals surface area (Å²) < 4.78 is 15.6. The third-order valence-corrected chi connectivity index (χ3v) is 3.20. The minimum absolute atomic E-state index is 0.373. The van der Waals surface area contributed by atoms with Crippen molar-refractivity contribution < 1.29 is 23.8 Å². The van der Waals surface area contributed by atoms with E-state index in [1.807, 2.05) is 19.0 Å². The van der Waals surface area contributed by atoms with Gasteiger partial charge in [0.05, 0.1) is 21.3 Å². The second-order valence-electron chi connectivity index (χ2n) is 5.28. The van der Waals surface area contributed by atoms with E-state index in [9.17, 15) is 9.59 Å². The Labute approximate surface area is 142 Å². The second kappa shape index (κ2) is 9.61. The highest BCUT2D eigenvalue weighted by Gasteiger charge is 2.17. The van der Waals surface area contributed by atoms with Crippen molar-refractivity contribution in [3.63, 3.8) is 0 Å². The van der Waals surface area contributed by atoms with Crippen molar-refractivity contribution >= 4 is 17.5 Å². The van der Waals surface area contributed by atoms with Gasteiger partial charge in [0.2, 0.25) is 5.75 Å². The number of amides is 2. The van der Waals surface area contributed by atoms with E-state index in [1.54, 1.807) is 12.1 Å². The van der Waals surface area contributed by atoms with Gasteiger partial charge in [-0.2, -0.15) is 0 Å². The summed E-state index contributed by atoms with van der Waals surface area (Å²) in [6.45, 7) is 1.26. The quantitative estimate of drug-likeness (QED) is 0.536. The van der Waals surface area contributed by atoms with E-state index in [2.05, 4.69) is 10.6 Å². The first-order valence-electron chi connectivity index (χ1n) is 7.46. The Morgan fingerprint density at radius 1 is 1.00 bits per heavy atom. The minimum Gasteiger partial charge on any atom is -0.493 e. The van der Waals surface area contributed by atoms with E-state index in [1.165, 1.54) is 21.3 Å². The molecule has 0 atom stereocenters. The first kappa shape index (κ1) is 19.6. The molecule has 0 radical (unpaired) electrons. The largest absolute Gasteiger partial charge is 0.493 e. The number of carbonyl (C=O) groups excluding carboxylic acids is 2. The van der Waals surface area contributed by atoms with Gasteiger partial charge in [-0.1, -0.05) is 0 Å². The maximum absolute atomic E-state index is 11.9. The average Bonchev–Trinajstić information content (AvgIpc) is 2.57. The lowest BCUT2D eigenvalue weighted by Crippen LogP contribution is -2.36. The molecule has 8 nitrogen and oxygen atoms in total. The molecule has 1 aromatic rings. The summed E-state index contributed by atoms with van der Waals surface area (Å²) in [4.78, 5) is 25.8. The van der Waals surface area contributed by atoms with Gasteiger partial charge in [-0.3, -0.25) is 9.59 Å². The van der Waals surface area contributed by atoms with Gasteiger partial charge in [0.1, 0.15) is 0 Å². The van der Waals surface area contributed by atoms with Crippen molar-refractivity contribution in [2.24, 2.45) is 0 Å². The van der Waals surface area contributed by atoms with Gasteiger partial charge in [-0.05, 0) is 27.1 Å². The van der Waals surface area contributed by atoms with Crippen LogP contribution in [0.25, 0.3) is 0 Å². The van der Waals surface area contributed by atoms with Gasteiger partial charge >= 0.3 is 11.8 Å². The maximum atomic E-state index is 11.9. The summed E-state index contributed by atoms with van der Waals surface area (Å²) >= 11 is 0. The number of hydrogen-bond acceptors (Lipinski definition) is 6. The second-order valence-corrected chi connectivity index (χ2v) is 5.28. The molecule has 24 heavy (non-hydrogen) atoms. The third-order valence-electron chi connectivity index (χ3n) is 3.20. The molecule has 0 aliphatic carbocycles. The Morgan fingerprint density at radius 3 is 2.04 bits per heavy atom. The highest BCUT2D eigenvalue weighted by molar-refractivity contribution is 6.39.